The fraction of sp³-hybridized carbons (Fsp3) is 0.500. The molecule has 3 heterocycles. The lowest BCUT2D eigenvalue weighted by Gasteiger charge is -2.46. The molecule has 0 unspecified atom stereocenters. The third kappa shape index (κ3) is 7.34. The zero-order valence-electron chi connectivity index (χ0n) is 26.3. The average molecular weight is 745 g/mol. The number of β-amino-alcohol motifs (C(OH)–C–C–N with tert-alkyl or cyclic N) is 1. The number of carbonyl (C=O) groups is 2. The Bertz CT molecular complexity index is 1690. The topological polar surface area (TPSA) is 171 Å². The molecule has 4 N–H and O–H groups in total. The number of aliphatic hydroxyl groups excluding tert-OH is 4. The van der Waals surface area contributed by atoms with Gasteiger partial charge in [-0.15, -0.1) is 5.10 Å². The second-order valence-electron chi connectivity index (χ2n) is 12.6. The Morgan fingerprint density at radius 3 is 2.28 bits per heavy atom. The molecule has 7 atom stereocenters. The molecule has 2 aromatic carbocycles. The van der Waals surface area contributed by atoms with Crippen molar-refractivity contribution in [1.29, 1.82) is 0 Å². The molecule has 0 radical (unpaired) electrons. The Morgan fingerprint density at radius 2 is 1.66 bits per heavy atom. The van der Waals surface area contributed by atoms with Crippen LogP contribution in [0.3, 0.4) is 0 Å². The van der Waals surface area contributed by atoms with Crippen LogP contribution in [0.4, 0.5) is 18.9 Å². The first kappa shape index (κ1) is 36.4. The third-order valence-corrected chi connectivity index (χ3v) is 9.65. The Balaban J connectivity index is 1.42. The quantitative estimate of drug-likeness (QED) is 0.239. The Kier molecular flexibility index (Phi) is 11.0. The van der Waals surface area contributed by atoms with Gasteiger partial charge in [-0.2, -0.15) is 0 Å². The predicted octanol–water partition coefficient (Wildman–Crippen LogP) is 2.26. The van der Waals surface area contributed by atoms with Gasteiger partial charge in [0.2, 0.25) is 5.91 Å². The van der Waals surface area contributed by atoms with Crippen LogP contribution in [0.15, 0.2) is 36.5 Å². The number of ether oxygens (including phenoxy) is 2. The molecule has 3 aromatic rings. The van der Waals surface area contributed by atoms with Crippen LogP contribution < -0.4 is 4.90 Å². The van der Waals surface area contributed by atoms with E-state index in [0.29, 0.717) is 37.8 Å². The SMILES string of the molecule is O=C(CO[C@@H]1[C@@H](n2cc(-c3cc(F)c(F)c(F)c3)nn2)[C@@H](O)[C@@H](CO)O[C@H]1C(=O)N(c1cc(Cl)cc(Cl)c1)[C@H]1CCCC[C@@H]1O)N1CC(O)C1. The van der Waals surface area contributed by atoms with Crippen molar-refractivity contribution in [2.75, 3.05) is 31.2 Å². The molecule has 0 spiro atoms. The van der Waals surface area contributed by atoms with Crippen LogP contribution in [0.25, 0.3) is 11.3 Å². The van der Waals surface area contributed by atoms with Crippen LogP contribution in [0.5, 0.6) is 0 Å². The number of aliphatic hydroxyl groups is 4. The highest BCUT2D eigenvalue weighted by Gasteiger charge is 2.53. The maximum atomic E-state index is 14.8. The summed E-state index contributed by atoms with van der Waals surface area (Å²) in [5.74, 6) is -5.97. The van der Waals surface area contributed by atoms with E-state index in [9.17, 15) is 43.2 Å². The van der Waals surface area contributed by atoms with Gasteiger partial charge < -0.3 is 39.7 Å². The normalized spacial score (nSPS) is 27.2. The first-order chi connectivity index (χ1) is 23.9. The average Bonchev–Trinajstić information content (AvgIpc) is 3.55. The molecule has 270 valence electrons. The lowest BCUT2D eigenvalue weighted by atomic mass is 9.88. The summed E-state index contributed by atoms with van der Waals surface area (Å²) in [7, 11) is 0. The third-order valence-electron chi connectivity index (χ3n) is 9.21. The minimum atomic E-state index is -1.69. The molecule has 2 aliphatic heterocycles. The van der Waals surface area contributed by atoms with Gasteiger partial charge in [0.1, 0.15) is 36.7 Å². The first-order valence-electron chi connectivity index (χ1n) is 15.9. The molecule has 6 rings (SSSR count). The molecule has 1 aliphatic carbocycles. The number of benzene rings is 2. The summed E-state index contributed by atoms with van der Waals surface area (Å²) < 4.78 is 55.0. The summed E-state index contributed by atoms with van der Waals surface area (Å²) in [6.07, 6.45) is -4.62. The molecule has 3 aliphatic rings. The highest BCUT2D eigenvalue weighted by molar-refractivity contribution is 6.35. The highest BCUT2D eigenvalue weighted by atomic mass is 35.5. The van der Waals surface area contributed by atoms with Crippen LogP contribution in [0.1, 0.15) is 31.7 Å². The Morgan fingerprint density at radius 1 is 1.00 bits per heavy atom. The second-order valence-corrected chi connectivity index (χ2v) is 13.5. The first-order valence-corrected chi connectivity index (χ1v) is 16.7. The van der Waals surface area contributed by atoms with Crippen LogP contribution in [0, 0.1) is 17.5 Å². The van der Waals surface area contributed by atoms with Crippen molar-refractivity contribution in [3.8, 4) is 11.3 Å². The van der Waals surface area contributed by atoms with Gasteiger partial charge in [-0.25, -0.2) is 17.9 Å². The van der Waals surface area contributed by atoms with Crippen molar-refractivity contribution in [3.05, 3.63) is 64.0 Å². The molecule has 1 aromatic heterocycles. The molecule has 0 bridgehead atoms. The lowest BCUT2D eigenvalue weighted by molar-refractivity contribution is -0.218. The number of halogens is 5. The number of anilines is 1. The van der Waals surface area contributed by atoms with E-state index < -0.39 is 91.2 Å². The van der Waals surface area contributed by atoms with Gasteiger partial charge >= 0.3 is 0 Å². The van der Waals surface area contributed by atoms with E-state index in [1.54, 1.807) is 0 Å². The lowest BCUT2D eigenvalue weighted by Crippen LogP contribution is -2.64. The summed E-state index contributed by atoms with van der Waals surface area (Å²) in [4.78, 5) is 30.4. The number of likely N-dealkylation sites (tertiary alicyclic amines) is 1. The van der Waals surface area contributed by atoms with Crippen molar-refractivity contribution in [2.24, 2.45) is 0 Å². The molecular formula is C32H34Cl2F3N5O8. The van der Waals surface area contributed by atoms with Crippen LogP contribution in [-0.2, 0) is 19.1 Å². The van der Waals surface area contributed by atoms with Crippen molar-refractivity contribution in [1.82, 2.24) is 19.9 Å². The number of hydrogen-bond acceptors (Lipinski definition) is 10. The van der Waals surface area contributed by atoms with Crippen LogP contribution >= 0.6 is 23.2 Å². The molecule has 18 heteroatoms. The van der Waals surface area contributed by atoms with E-state index in [-0.39, 0.29) is 40.1 Å². The minimum absolute atomic E-state index is 0.0600. The van der Waals surface area contributed by atoms with Gasteiger partial charge in [-0.05, 0) is 43.2 Å². The van der Waals surface area contributed by atoms with Gasteiger partial charge in [0.25, 0.3) is 5.91 Å². The maximum absolute atomic E-state index is 14.8. The number of aromatic nitrogens is 3. The molecule has 50 heavy (non-hydrogen) atoms. The number of amides is 2. The van der Waals surface area contributed by atoms with Crippen molar-refractivity contribution >= 4 is 40.7 Å². The predicted molar refractivity (Wildman–Crippen MR) is 171 cm³/mol. The summed E-state index contributed by atoms with van der Waals surface area (Å²) in [5, 5.41) is 50.9. The molecule has 2 amide bonds. The van der Waals surface area contributed by atoms with Crippen LogP contribution in [-0.4, -0.2) is 121 Å². The van der Waals surface area contributed by atoms with E-state index in [1.165, 1.54) is 34.2 Å². The maximum Gasteiger partial charge on any atom is 0.259 e. The summed E-state index contributed by atoms with van der Waals surface area (Å²) in [5.41, 5.74) is -0.118. The van der Waals surface area contributed by atoms with Gasteiger partial charge in [0, 0.05) is 34.4 Å². The smallest absolute Gasteiger partial charge is 0.259 e. The highest BCUT2D eigenvalue weighted by Crippen LogP contribution is 2.38. The van der Waals surface area contributed by atoms with Crippen molar-refractivity contribution < 1.29 is 52.7 Å². The number of nitrogens with zero attached hydrogens (tertiary/aromatic N) is 5. The van der Waals surface area contributed by atoms with Gasteiger partial charge in [-0.1, -0.05) is 41.3 Å². The number of rotatable bonds is 9. The number of hydrogen-bond donors (Lipinski definition) is 4. The molecular weight excluding hydrogens is 710 g/mol. The summed E-state index contributed by atoms with van der Waals surface area (Å²) >= 11 is 12.7. The molecule has 2 saturated heterocycles. The molecule has 13 nitrogen and oxygen atoms in total. The molecule has 1 saturated carbocycles. The summed E-state index contributed by atoms with van der Waals surface area (Å²) in [6, 6.07) is 3.63. The monoisotopic (exact) mass is 743 g/mol. The van der Waals surface area contributed by atoms with E-state index in [1.807, 2.05) is 0 Å². The fourth-order valence-corrected chi connectivity index (χ4v) is 7.16. The van der Waals surface area contributed by atoms with E-state index >= 15 is 0 Å². The zero-order chi connectivity index (χ0) is 35.9. The van der Waals surface area contributed by atoms with E-state index in [0.717, 1.165) is 4.68 Å². The van der Waals surface area contributed by atoms with Gasteiger partial charge in [0.05, 0.1) is 31.1 Å². The second kappa shape index (κ2) is 15.1. The van der Waals surface area contributed by atoms with Crippen LogP contribution in [0.2, 0.25) is 10.0 Å². The van der Waals surface area contributed by atoms with E-state index in [2.05, 4.69) is 10.3 Å². The van der Waals surface area contributed by atoms with Crippen molar-refractivity contribution in [2.45, 2.75) is 74.4 Å². The minimum Gasteiger partial charge on any atom is -0.394 e. The van der Waals surface area contributed by atoms with Crippen molar-refractivity contribution in [3.63, 3.8) is 0 Å². The van der Waals surface area contributed by atoms with Gasteiger partial charge in [-0.3, -0.25) is 9.59 Å². The number of carbonyl (C=O) groups excluding carboxylic acids is 2. The largest absolute Gasteiger partial charge is 0.394 e. The Hall–Kier alpha value is -3.35. The summed E-state index contributed by atoms with van der Waals surface area (Å²) in [6.45, 7) is -1.30. The standard InChI is InChI=1S/C32H34Cl2F3N5O8/c33-16-7-17(34)9-18(8-16)42(23-3-1-2-4-24(23)45)32(48)31-30(49-14-26(46)40-10-19(44)11-40)28(29(47)25(13-43)50-31)41-12-22(38-39-41)15-5-20(35)27(37)21(36)6-15/h5-9,12,19,23-25,28-31,43-45,47H,1-4,10-11,13-14H2/t23-,24-,25+,28-,29-,30+,31+/m0/s1. The zero-order valence-corrected chi connectivity index (χ0v) is 27.8. The van der Waals surface area contributed by atoms with Gasteiger partial charge in [0.15, 0.2) is 23.6 Å². The molecule has 3 fully saturated rings. The fourth-order valence-electron chi connectivity index (χ4n) is 6.65. The Labute approximate surface area is 293 Å². The van der Waals surface area contributed by atoms with E-state index in [4.69, 9.17) is 32.7 Å².